The first-order chi connectivity index (χ1) is 6.77. The molecule has 14 heavy (non-hydrogen) atoms. The molecule has 0 amide bonds. The van der Waals surface area contributed by atoms with Gasteiger partial charge in [0.1, 0.15) is 0 Å². The Labute approximate surface area is 85.3 Å². The topological polar surface area (TPSA) is 39.1 Å². The molecular formula is C10H19N3O. The number of aromatic nitrogens is 2. The highest BCUT2D eigenvalue weighted by Crippen LogP contribution is 2.08. The average Bonchev–Trinajstić information content (AvgIpc) is 2.54. The van der Waals surface area contributed by atoms with Gasteiger partial charge in [-0.1, -0.05) is 6.92 Å². The second-order valence-electron chi connectivity index (χ2n) is 3.49. The van der Waals surface area contributed by atoms with Gasteiger partial charge in [0, 0.05) is 32.6 Å². The van der Waals surface area contributed by atoms with Crippen LogP contribution in [0, 0.1) is 5.92 Å². The van der Waals surface area contributed by atoms with E-state index in [1.807, 2.05) is 12.4 Å². The highest BCUT2D eigenvalue weighted by molar-refractivity contribution is 5.25. The lowest BCUT2D eigenvalue weighted by molar-refractivity contribution is 0.151. The second kappa shape index (κ2) is 5.65. The van der Waals surface area contributed by atoms with E-state index in [0.29, 0.717) is 5.92 Å². The van der Waals surface area contributed by atoms with Crippen molar-refractivity contribution in [2.75, 3.05) is 25.6 Å². The molecule has 1 N–H and O–H groups in total. The molecule has 0 saturated heterocycles. The summed E-state index contributed by atoms with van der Waals surface area (Å²) in [6, 6.07) is 0. The molecular weight excluding hydrogens is 178 g/mol. The highest BCUT2D eigenvalue weighted by Gasteiger charge is 2.06. The summed E-state index contributed by atoms with van der Waals surface area (Å²) >= 11 is 0. The summed E-state index contributed by atoms with van der Waals surface area (Å²) in [6.07, 6.45) is 3.81. The zero-order valence-corrected chi connectivity index (χ0v) is 9.16. The van der Waals surface area contributed by atoms with Crippen LogP contribution in [0.3, 0.4) is 0 Å². The van der Waals surface area contributed by atoms with Crippen LogP contribution in [-0.2, 0) is 11.3 Å². The molecule has 1 unspecified atom stereocenters. The Morgan fingerprint density at radius 3 is 3.07 bits per heavy atom. The molecule has 0 aromatic carbocycles. The smallest absolute Gasteiger partial charge is 0.202 e. The fourth-order valence-electron chi connectivity index (χ4n) is 1.45. The van der Waals surface area contributed by atoms with E-state index in [1.54, 1.807) is 7.11 Å². The van der Waals surface area contributed by atoms with Gasteiger partial charge in [-0.05, 0) is 12.8 Å². The van der Waals surface area contributed by atoms with Crippen LogP contribution >= 0.6 is 0 Å². The molecule has 0 radical (unpaired) electrons. The molecule has 0 aliphatic heterocycles. The van der Waals surface area contributed by atoms with E-state index < -0.39 is 0 Å². The first-order valence-corrected chi connectivity index (χ1v) is 5.01. The molecule has 0 spiro atoms. The van der Waals surface area contributed by atoms with E-state index in [9.17, 15) is 0 Å². The van der Waals surface area contributed by atoms with Crippen LogP contribution in [0.4, 0.5) is 5.95 Å². The third-order valence-electron chi connectivity index (χ3n) is 2.01. The van der Waals surface area contributed by atoms with Gasteiger partial charge in [-0.3, -0.25) is 0 Å². The summed E-state index contributed by atoms with van der Waals surface area (Å²) < 4.78 is 7.22. The lowest BCUT2D eigenvalue weighted by Crippen LogP contribution is -2.14. The Kier molecular flexibility index (Phi) is 4.46. The molecule has 0 saturated carbocycles. The second-order valence-corrected chi connectivity index (χ2v) is 3.49. The Bertz CT molecular complexity index is 260. The van der Waals surface area contributed by atoms with Crippen molar-refractivity contribution in [3.8, 4) is 0 Å². The maximum atomic E-state index is 5.10. The highest BCUT2D eigenvalue weighted by atomic mass is 16.5. The number of imidazole rings is 1. The van der Waals surface area contributed by atoms with Gasteiger partial charge in [0.05, 0.1) is 6.61 Å². The van der Waals surface area contributed by atoms with E-state index in [-0.39, 0.29) is 0 Å². The molecule has 1 aromatic rings. The minimum absolute atomic E-state index is 0.506. The maximum Gasteiger partial charge on any atom is 0.202 e. The van der Waals surface area contributed by atoms with Gasteiger partial charge in [0.15, 0.2) is 0 Å². The monoisotopic (exact) mass is 197 g/mol. The standard InChI is InChI=1S/C10H19N3O/c1-4-11-10-12-5-6-13(10)7-9(2)8-14-3/h5-6,9H,4,7-8H2,1-3H3,(H,11,12). The minimum atomic E-state index is 0.506. The molecule has 4 nitrogen and oxygen atoms in total. The Morgan fingerprint density at radius 2 is 2.43 bits per heavy atom. The lowest BCUT2D eigenvalue weighted by Gasteiger charge is -2.13. The van der Waals surface area contributed by atoms with E-state index in [4.69, 9.17) is 4.74 Å². The summed E-state index contributed by atoms with van der Waals surface area (Å²) in [7, 11) is 1.73. The summed E-state index contributed by atoms with van der Waals surface area (Å²) in [6.45, 7) is 6.85. The normalized spacial score (nSPS) is 12.8. The van der Waals surface area contributed by atoms with Crippen LogP contribution in [0.1, 0.15) is 13.8 Å². The summed E-state index contributed by atoms with van der Waals surface area (Å²) in [4.78, 5) is 4.23. The molecule has 1 heterocycles. The molecule has 0 bridgehead atoms. The van der Waals surface area contributed by atoms with Crippen molar-refractivity contribution < 1.29 is 4.74 Å². The predicted molar refractivity (Wildman–Crippen MR) is 57.4 cm³/mol. The number of hydrogen-bond donors (Lipinski definition) is 1. The van der Waals surface area contributed by atoms with Crippen LogP contribution in [-0.4, -0.2) is 29.8 Å². The number of nitrogens with zero attached hydrogens (tertiary/aromatic N) is 2. The molecule has 0 fully saturated rings. The van der Waals surface area contributed by atoms with Crippen LogP contribution in [0.2, 0.25) is 0 Å². The predicted octanol–water partition coefficient (Wildman–Crippen LogP) is 1.60. The quantitative estimate of drug-likeness (QED) is 0.753. The first-order valence-electron chi connectivity index (χ1n) is 5.01. The molecule has 80 valence electrons. The van der Waals surface area contributed by atoms with Gasteiger partial charge < -0.3 is 14.6 Å². The number of nitrogens with one attached hydrogen (secondary N) is 1. The van der Waals surface area contributed by atoms with Crippen LogP contribution < -0.4 is 5.32 Å². The fraction of sp³-hybridized carbons (Fsp3) is 0.700. The molecule has 1 aromatic heterocycles. The summed E-state index contributed by atoms with van der Waals surface area (Å²) in [5.74, 6) is 1.45. The van der Waals surface area contributed by atoms with Gasteiger partial charge in [-0.25, -0.2) is 4.98 Å². The van der Waals surface area contributed by atoms with Crippen molar-refractivity contribution in [2.45, 2.75) is 20.4 Å². The van der Waals surface area contributed by atoms with Gasteiger partial charge in [-0.2, -0.15) is 0 Å². The molecule has 0 aliphatic carbocycles. The molecule has 4 heteroatoms. The number of anilines is 1. The van der Waals surface area contributed by atoms with Gasteiger partial charge >= 0.3 is 0 Å². The van der Waals surface area contributed by atoms with Crippen LogP contribution in [0.25, 0.3) is 0 Å². The summed E-state index contributed by atoms with van der Waals surface area (Å²) in [5.41, 5.74) is 0. The van der Waals surface area contributed by atoms with Crippen molar-refractivity contribution in [1.82, 2.24) is 9.55 Å². The lowest BCUT2D eigenvalue weighted by atomic mass is 10.2. The number of ether oxygens (including phenoxy) is 1. The third-order valence-corrected chi connectivity index (χ3v) is 2.01. The average molecular weight is 197 g/mol. The molecule has 1 rings (SSSR count). The fourth-order valence-corrected chi connectivity index (χ4v) is 1.45. The maximum absolute atomic E-state index is 5.10. The third kappa shape index (κ3) is 3.03. The van der Waals surface area contributed by atoms with Crippen molar-refractivity contribution in [3.05, 3.63) is 12.4 Å². The Balaban J connectivity index is 2.52. The Hall–Kier alpha value is -1.03. The Morgan fingerprint density at radius 1 is 1.64 bits per heavy atom. The molecule has 0 aliphatic rings. The number of hydrogen-bond acceptors (Lipinski definition) is 3. The SMILES string of the molecule is CCNc1nccn1CC(C)COC. The van der Waals surface area contributed by atoms with Crippen molar-refractivity contribution >= 4 is 5.95 Å². The number of methoxy groups -OCH3 is 1. The van der Waals surface area contributed by atoms with Crippen LogP contribution in [0.15, 0.2) is 12.4 Å². The van der Waals surface area contributed by atoms with E-state index >= 15 is 0 Å². The zero-order chi connectivity index (χ0) is 10.4. The summed E-state index contributed by atoms with van der Waals surface area (Å²) in [5, 5.41) is 3.21. The van der Waals surface area contributed by atoms with Crippen molar-refractivity contribution in [1.29, 1.82) is 0 Å². The van der Waals surface area contributed by atoms with Gasteiger partial charge in [0.2, 0.25) is 5.95 Å². The van der Waals surface area contributed by atoms with Gasteiger partial charge in [0.25, 0.3) is 0 Å². The number of rotatable bonds is 6. The largest absolute Gasteiger partial charge is 0.384 e. The van der Waals surface area contributed by atoms with E-state index in [1.165, 1.54) is 0 Å². The minimum Gasteiger partial charge on any atom is -0.384 e. The van der Waals surface area contributed by atoms with Crippen LogP contribution in [0.5, 0.6) is 0 Å². The zero-order valence-electron chi connectivity index (χ0n) is 9.16. The van der Waals surface area contributed by atoms with E-state index in [2.05, 4.69) is 28.7 Å². The first kappa shape index (κ1) is 11.0. The van der Waals surface area contributed by atoms with Crippen molar-refractivity contribution in [3.63, 3.8) is 0 Å². The molecule has 1 atom stereocenters. The van der Waals surface area contributed by atoms with E-state index in [0.717, 1.165) is 25.6 Å². The van der Waals surface area contributed by atoms with Gasteiger partial charge in [-0.15, -0.1) is 0 Å². The van der Waals surface area contributed by atoms with Crippen molar-refractivity contribution in [2.24, 2.45) is 5.92 Å².